The lowest BCUT2D eigenvalue weighted by molar-refractivity contribution is 0.476. The summed E-state index contributed by atoms with van der Waals surface area (Å²) in [5.41, 5.74) is 2.81. The van der Waals surface area contributed by atoms with Crippen LogP contribution >= 0.6 is 23.2 Å². The molecule has 90 valence electrons. The van der Waals surface area contributed by atoms with Gasteiger partial charge in [-0.15, -0.1) is 0 Å². The fourth-order valence-electron chi connectivity index (χ4n) is 1.95. The van der Waals surface area contributed by atoms with Gasteiger partial charge in [-0.1, -0.05) is 41.4 Å². The van der Waals surface area contributed by atoms with Crippen molar-refractivity contribution in [1.82, 2.24) is 4.98 Å². The van der Waals surface area contributed by atoms with Crippen molar-refractivity contribution in [3.05, 3.63) is 52.5 Å². The van der Waals surface area contributed by atoms with Crippen LogP contribution in [0.2, 0.25) is 10.0 Å². The van der Waals surface area contributed by atoms with Crippen LogP contribution in [0.5, 0.6) is 5.75 Å². The highest BCUT2D eigenvalue weighted by Crippen LogP contribution is 2.36. The van der Waals surface area contributed by atoms with Crippen molar-refractivity contribution in [3.8, 4) is 17.0 Å². The van der Waals surface area contributed by atoms with Gasteiger partial charge in [-0.25, -0.2) is 0 Å². The molecule has 0 spiro atoms. The van der Waals surface area contributed by atoms with Crippen molar-refractivity contribution in [2.75, 3.05) is 0 Å². The Kier molecular flexibility index (Phi) is 2.69. The third kappa shape index (κ3) is 1.84. The zero-order chi connectivity index (χ0) is 12.7. The number of aromatic nitrogens is 1. The normalized spacial score (nSPS) is 11.0. The van der Waals surface area contributed by atoms with Gasteiger partial charge in [0.2, 0.25) is 0 Å². The maximum atomic E-state index is 9.54. The van der Waals surface area contributed by atoms with Crippen LogP contribution in [0.4, 0.5) is 0 Å². The standard InChI is InChI=1S/C14H9Cl2NO/c15-10-5-9(6-11(16)14(10)18)13-7-8-3-1-2-4-12(8)17-13/h1-7,17-18H. The molecule has 0 aliphatic heterocycles. The largest absolute Gasteiger partial charge is 0.505 e. The van der Waals surface area contributed by atoms with Gasteiger partial charge in [0.1, 0.15) is 0 Å². The molecule has 18 heavy (non-hydrogen) atoms. The number of rotatable bonds is 1. The number of fused-ring (bicyclic) bond motifs is 1. The lowest BCUT2D eigenvalue weighted by atomic mass is 10.1. The predicted molar refractivity (Wildman–Crippen MR) is 75.4 cm³/mol. The van der Waals surface area contributed by atoms with Gasteiger partial charge in [-0.2, -0.15) is 0 Å². The summed E-state index contributed by atoms with van der Waals surface area (Å²) in [6, 6.07) is 13.4. The van der Waals surface area contributed by atoms with Crippen molar-refractivity contribution >= 4 is 34.1 Å². The third-order valence-electron chi connectivity index (χ3n) is 2.86. The molecule has 0 amide bonds. The van der Waals surface area contributed by atoms with E-state index in [0.29, 0.717) is 0 Å². The Bertz CT molecular complexity index is 677. The molecule has 2 N–H and O–H groups in total. The van der Waals surface area contributed by atoms with E-state index in [-0.39, 0.29) is 15.8 Å². The van der Waals surface area contributed by atoms with Gasteiger partial charge in [0.15, 0.2) is 5.75 Å². The highest BCUT2D eigenvalue weighted by Gasteiger charge is 2.09. The van der Waals surface area contributed by atoms with Crippen LogP contribution in [0.15, 0.2) is 42.5 Å². The van der Waals surface area contributed by atoms with Gasteiger partial charge in [0.25, 0.3) is 0 Å². The quantitative estimate of drug-likeness (QED) is 0.656. The third-order valence-corrected chi connectivity index (χ3v) is 3.43. The van der Waals surface area contributed by atoms with E-state index in [0.717, 1.165) is 22.2 Å². The number of phenols is 1. The van der Waals surface area contributed by atoms with Gasteiger partial charge >= 0.3 is 0 Å². The molecule has 0 aliphatic carbocycles. The molecule has 1 heterocycles. The maximum absolute atomic E-state index is 9.54. The topological polar surface area (TPSA) is 36.0 Å². The predicted octanol–water partition coefficient (Wildman–Crippen LogP) is 4.85. The Morgan fingerprint density at radius 3 is 2.28 bits per heavy atom. The number of hydrogen-bond donors (Lipinski definition) is 2. The molecule has 0 fully saturated rings. The van der Waals surface area contributed by atoms with Gasteiger partial charge in [-0.3, -0.25) is 0 Å². The SMILES string of the molecule is Oc1c(Cl)cc(-c2cc3ccccc3[nH]2)cc1Cl. The number of H-pyrrole nitrogens is 1. The van der Waals surface area contributed by atoms with Gasteiger partial charge in [0.05, 0.1) is 10.0 Å². The number of benzene rings is 2. The Labute approximate surface area is 114 Å². The van der Waals surface area contributed by atoms with E-state index in [2.05, 4.69) is 4.98 Å². The minimum Gasteiger partial charge on any atom is -0.505 e. The van der Waals surface area contributed by atoms with Gasteiger partial charge in [0, 0.05) is 22.2 Å². The van der Waals surface area contributed by atoms with Crippen LogP contribution in [-0.2, 0) is 0 Å². The summed E-state index contributed by atoms with van der Waals surface area (Å²) < 4.78 is 0. The highest BCUT2D eigenvalue weighted by atomic mass is 35.5. The van der Waals surface area contributed by atoms with Gasteiger partial charge < -0.3 is 10.1 Å². The van der Waals surface area contributed by atoms with E-state index in [1.165, 1.54) is 0 Å². The summed E-state index contributed by atoms with van der Waals surface area (Å²) in [6.07, 6.45) is 0. The highest BCUT2D eigenvalue weighted by molar-refractivity contribution is 6.37. The first-order chi connectivity index (χ1) is 8.65. The monoisotopic (exact) mass is 277 g/mol. The minimum absolute atomic E-state index is 0.0850. The molecular weight excluding hydrogens is 269 g/mol. The molecule has 0 saturated carbocycles. The van der Waals surface area contributed by atoms with Crippen molar-refractivity contribution < 1.29 is 5.11 Å². The summed E-state index contributed by atoms with van der Waals surface area (Å²) in [4.78, 5) is 3.29. The van der Waals surface area contributed by atoms with E-state index in [1.807, 2.05) is 30.3 Å². The maximum Gasteiger partial charge on any atom is 0.152 e. The molecular formula is C14H9Cl2NO. The summed E-state index contributed by atoms with van der Waals surface area (Å²) in [6.45, 7) is 0. The van der Waals surface area contributed by atoms with Crippen molar-refractivity contribution in [1.29, 1.82) is 0 Å². The average Bonchev–Trinajstić information content (AvgIpc) is 2.79. The van der Waals surface area contributed by atoms with Crippen molar-refractivity contribution in [2.45, 2.75) is 0 Å². The molecule has 0 bridgehead atoms. The lowest BCUT2D eigenvalue weighted by Gasteiger charge is -2.03. The van der Waals surface area contributed by atoms with Crippen LogP contribution in [0.1, 0.15) is 0 Å². The zero-order valence-corrected chi connectivity index (χ0v) is 10.8. The van der Waals surface area contributed by atoms with Crippen molar-refractivity contribution in [2.24, 2.45) is 0 Å². The molecule has 3 aromatic rings. The molecule has 0 saturated heterocycles. The smallest absolute Gasteiger partial charge is 0.152 e. The Morgan fingerprint density at radius 1 is 0.944 bits per heavy atom. The zero-order valence-electron chi connectivity index (χ0n) is 9.24. The first kappa shape index (κ1) is 11.5. The van der Waals surface area contributed by atoms with E-state index < -0.39 is 0 Å². The van der Waals surface area contributed by atoms with Crippen LogP contribution in [-0.4, -0.2) is 10.1 Å². The van der Waals surface area contributed by atoms with Crippen LogP contribution in [0.25, 0.3) is 22.2 Å². The van der Waals surface area contributed by atoms with Crippen LogP contribution in [0, 0.1) is 0 Å². The van der Waals surface area contributed by atoms with Gasteiger partial charge in [-0.05, 0) is 24.3 Å². The number of nitrogens with one attached hydrogen (secondary N) is 1. The van der Waals surface area contributed by atoms with Crippen LogP contribution in [0.3, 0.4) is 0 Å². The fourth-order valence-corrected chi connectivity index (χ4v) is 2.44. The molecule has 1 aromatic heterocycles. The van der Waals surface area contributed by atoms with E-state index >= 15 is 0 Å². The number of hydrogen-bond acceptors (Lipinski definition) is 1. The molecule has 2 aromatic carbocycles. The first-order valence-electron chi connectivity index (χ1n) is 5.41. The summed E-state index contributed by atoms with van der Waals surface area (Å²) in [5, 5.41) is 11.2. The minimum atomic E-state index is -0.0850. The second kappa shape index (κ2) is 4.23. The average molecular weight is 278 g/mol. The number of para-hydroxylation sites is 1. The Balaban J connectivity index is 2.20. The number of halogens is 2. The summed E-state index contributed by atoms with van der Waals surface area (Å²) in [5.74, 6) is -0.0850. The molecule has 0 aliphatic rings. The van der Waals surface area contributed by atoms with E-state index in [9.17, 15) is 5.11 Å². The molecule has 4 heteroatoms. The molecule has 0 unspecified atom stereocenters. The van der Waals surface area contributed by atoms with E-state index in [1.54, 1.807) is 12.1 Å². The number of phenolic OH excluding ortho intramolecular Hbond substituents is 1. The molecule has 3 rings (SSSR count). The second-order valence-electron chi connectivity index (χ2n) is 4.06. The lowest BCUT2D eigenvalue weighted by Crippen LogP contribution is -1.79. The van der Waals surface area contributed by atoms with Crippen molar-refractivity contribution in [3.63, 3.8) is 0 Å². The van der Waals surface area contributed by atoms with Crippen LogP contribution < -0.4 is 0 Å². The Morgan fingerprint density at radius 2 is 1.61 bits per heavy atom. The number of aromatic hydroxyl groups is 1. The number of aromatic amines is 1. The summed E-state index contributed by atoms with van der Waals surface area (Å²) in [7, 11) is 0. The van der Waals surface area contributed by atoms with E-state index in [4.69, 9.17) is 23.2 Å². The Hall–Kier alpha value is -1.64. The second-order valence-corrected chi connectivity index (χ2v) is 4.87. The molecule has 2 nitrogen and oxygen atoms in total. The molecule has 0 atom stereocenters. The summed E-state index contributed by atoms with van der Waals surface area (Å²) >= 11 is 11.8. The fraction of sp³-hybridized carbons (Fsp3) is 0. The molecule has 0 radical (unpaired) electrons. The first-order valence-corrected chi connectivity index (χ1v) is 6.17.